The van der Waals surface area contributed by atoms with E-state index in [1.807, 2.05) is 75.4 Å². The van der Waals surface area contributed by atoms with Gasteiger partial charge in [0.1, 0.15) is 60.9 Å². The van der Waals surface area contributed by atoms with Crippen LogP contribution in [0.4, 0.5) is 21.8 Å². The molecule has 3 saturated carbocycles. The number of hydrogen-bond acceptors (Lipinski definition) is 31. The largest absolute Gasteiger partial charge is 0.393 e. The van der Waals surface area contributed by atoms with Crippen molar-refractivity contribution in [1.29, 1.82) is 0 Å². The molecule has 3 unspecified atom stereocenters. The summed E-state index contributed by atoms with van der Waals surface area (Å²) in [6.07, 6.45) is 6.78. The zero-order valence-electron chi connectivity index (χ0n) is 60.3. The van der Waals surface area contributed by atoms with Gasteiger partial charge >= 0.3 is 30.9 Å². The number of fused-ring (bicyclic) bond motifs is 3. The van der Waals surface area contributed by atoms with Crippen LogP contribution in [0.1, 0.15) is 160 Å². The second kappa shape index (κ2) is 35.3. The number of aromatic nitrogens is 6. The number of benzene rings is 2. The molecular weight excluding hydrogens is 1610 g/mol. The zero-order chi connectivity index (χ0) is 79.5. The number of hydrogen-bond donors (Lipinski definition) is 9. The lowest BCUT2D eigenvalue weighted by molar-refractivity contribution is 0.0501. The van der Waals surface area contributed by atoms with Gasteiger partial charge in [-0.25, -0.2) is 49.7 Å². The molecule has 0 spiro atoms. The first-order valence-corrected chi connectivity index (χ1v) is 43.6. The Labute approximate surface area is 665 Å². The van der Waals surface area contributed by atoms with Crippen LogP contribution in [0.15, 0.2) is 110 Å². The molecule has 39 heteroatoms. The van der Waals surface area contributed by atoms with Crippen molar-refractivity contribution in [3.63, 3.8) is 0 Å². The average Bonchev–Trinajstić information content (AvgIpc) is 1.75. The van der Waals surface area contributed by atoms with E-state index in [1.165, 1.54) is 93.2 Å². The summed E-state index contributed by atoms with van der Waals surface area (Å²) in [6.45, 7) is 6.81. The molecule has 112 heavy (non-hydrogen) atoms. The number of ketones is 3. The van der Waals surface area contributed by atoms with Gasteiger partial charge in [-0.3, -0.25) is 26.9 Å². The Balaban J connectivity index is 0.000000147. The number of rotatable bonds is 24. The number of carbonyl (C=O) groups is 3. The molecule has 3 fully saturated rings. The highest BCUT2D eigenvalue weighted by Crippen LogP contribution is 2.44. The van der Waals surface area contributed by atoms with Crippen LogP contribution in [-0.2, 0) is 76.9 Å². The Morgan fingerprint density at radius 2 is 0.946 bits per heavy atom. The highest BCUT2D eigenvalue weighted by molar-refractivity contribution is 7.84. The summed E-state index contributed by atoms with van der Waals surface area (Å²) in [7, 11) is -12.4. The van der Waals surface area contributed by atoms with Crippen molar-refractivity contribution in [1.82, 2.24) is 29.9 Å². The molecule has 12 N–H and O–H groups in total. The molecule has 9 aromatic rings. The van der Waals surface area contributed by atoms with Gasteiger partial charge in [-0.05, 0) is 153 Å². The van der Waals surface area contributed by atoms with Crippen molar-refractivity contribution in [2.45, 2.75) is 133 Å². The van der Waals surface area contributed by atoms with Crippen molar-refractivity contribution in [2.75, 3.05) is 55.6 Å². The van der Waals surface area contributed by atoms with E-state index in [4.69, 9.17) is 41.2 Å². The molecule has 10 heterocycles. The van der Waals surface area contributed by atoms with Gasteiger partial charge in [0.05, 0.1) is 95.3 Å². The van der Waals surface area contributed by atoms with Crippen LogP contribution in [0.5, 0.6) is 0 Å². The van der Waals surface area contributed by atoms with Crippen molar-refractivity contribution in [2.24, 2.45) is 33.2 Å². The summed E-state index contributed by atoms with van der Waals surface area (Å²) in [5, 5.41) is 57.6. The Kier molecular flexibility index (Phi) is 26.0. The monoisotopic (exact) mass is 1690 g/mol. The van der Waals surface area contributed by atoms with Gasteiger partial charge in [0.25, 0.3) is 0 Å². The Morgan fingerprint density at radius 1 is 0.527 bits per heavy atom. The van der Waals surface area contributed by atoms with Crippen LogP contribution in [0.2, 0.25) is 5.02 Å². The molecule has 3 aliphatic heterocycles. The maximum absolute atomic E-state index is 14.9. The van der Waals surface area contributed by atoms with E-state index in [1.54, 1.807) is 11.3 Å². The van der Waals surface area contributed by atoms with Crippen molar-refractivity contribution >= 4 is 123 Å². The quantitative estimate of drug-likeness (QED) is 0.0257. The third-order valence-corrected chi connectivity index (χ3v) is 26.2. The number of thiophene rings is 4. The fourth-order valence-electron chi connectivity index (χ4n) is 14.8. The zero-order valence-corrected chi connectivity index (χ0v) is 66.8. The van der Waals surface area contributed by atoms with E-state index < -0.39 is 85.8 Å². The van der Waals surface area contributed by atoms with Gasteiger partial charge in [-0.2, -0.15) is 25.3 Å². The summed E-state index contributed by atoms with van der Waals surface area (Å²) in [5.74, 6) is -1.61. The smallest absolute Gasteiger partial charge is 0.333 e. The minimum Gasteiger partial charge on any atom is -0.393 e. The minimum absolute atomic E-state index is 0.0379. The second-order valence-corrected chi connectivity index (χ2v) is 36.7. The van der Waals surface area contributed by atoms with E-state index in [-0.39, 0.29) is 78.8 Å². The number of nitrogens with one attached hydrogen (secondary N) is 3. The summed E-state index contributed by atoms with van der Waals surface area (Å²) < 4.78 is 114. The predicted molar refractivity (Wildman–Crippen MR) is 416 cm³/mol. The minimum atomic E-state index is -4.23. The van der Waals surface area contributed by atoms with Gasteiger partial charge in [-0.15, -0.1) is 45.3 Å². The fourth-order valence-corrected chi connectivity index (χ4v) is 20.1. The van der Waals surface area contributed by atoms with Crippen LogP contribution in [0.3, 0.4) is 0 Å². The molecule has 596 valence electrons. The molecular formula is C73H80ClFN12O18S7. The number of ether oxygens (including phenoxy) is 3. The molecule has 30 nitrogen and oxygen atoms in total. The molecule has 3 aliphatic carbocycles. The third-order valence-electron chi connectivity index (χ3n) is 20.4. The van der Waals surface area contributed by atoms with Crippen LogP contribution in [0.25, 0.3) is 0 Å². The van der Waals surface area contributed by atoms with Gasteiger partial charge < -0.3 is 45.5 Å². The van der Waals surface area contributed by atoms with E-state index >= 15 is 0 Å². The van der Waals surface area contributed by atoms with Crippen molar-refractivity contribution in [3.05, 3.63) is 210 Å². The summed E-state index contributed by atoms with van der Waals surface area (Å²) in [5.41, 5.74) is 9.39. The highest BCUT2D eigenvalue weighted by Gasteiger charge is 2.45. The van der Waals surface area contributed by atoms with E-state index in [0.717, 1.165) is 61.7 Å². The first kappa shape index (κ1) is 82.5. The van der Waals surface area contributed by atoms with Crippen molar-refractivity contribution in [3.8, 4) is 0 Å². The van der Waals surface area contributed by atoms with Crippen molar-refractivity contribution < 1.29 is 86.1 Å². The van der Waals surface area contributed by atoms with Gasteiger partial charge in [-0.1, -0.05) is 41.9 Å². The topological polar surface area (TPSA) is 461 Å². The maximum Gasteiger partial charge on any atom is 0.333 e. The van der Waals surface area contributed by atoms with Crippen LogP contribution in [0, 0.1) is 38.5 Å². The molecule has 0 radical (unpaired) electrons. The lowest BCUT2D eigenvalue weighted by Crippen LogP contribution is -2.33. The number of halogens is 2. The lowest BCUT2D eigenvalue weighted by atomic mass is 9.93. The van der Waals surface area contributed by atoms with Crippen LogP contribution < -0.4 is 31.4 Å². The van der Waals surface area contributed by atoms with Gasteiger partial charge in [0, 0.05) is 78.5 Å². The third kappa shape index (κ3) is 19.7. The number of carbonyl (C=O) groups excluding carboxylic acids is 3. The number of nitrogens with zero attached hydrogens (tertiary/aromatic N) is 6. The van der Waals surface area contributed by atoms with Gasteiger partial charge in [0.15, 0.2) is 0 Å². The molecule has 0 saturated heterocycles. The first-order valence-electron chi connectivity index (χ1n) is 35.5. The molecule has 0 bridgehead atoms. The molecule has 13 atom stereocenters. The van der Waals surface area contributed by atoms with E-state index in [0.29, 0.717) is 87.9 Å². The number of aliphatic hydroxyl groups is 3. The molecule has 7 aromatic heterocycles. The van der Waals surface area contributed by atoms with Gasteiger partial charge in [0.2, 0.25) is 17.3 Å². The number of aryl methyl sites for hydroxylation is 3. The predicted octanol–water partition coefficient (Wildman–Crippen LogP) is 8.20. The van der Waals surface area contributed by atoms with Crippen LogP contribution in [-0.4, -0.2) is 170 Å². The van der Waals surface area contributed by atoms with E-state index in [2.05, 4.69) is 75.9 Å². The normalized spacial score (nSPS) is 24.2. The first-order chi connectivity index (χ1) is 53.4. The maximum atomic E-state index is 14.9. The summed E-state index contributed by atoms with van der Waals surface area (Å²) in [4.78, 5) is 71.2. The number of anilines is 3. The lowest BCUT2D eigenvalue weighted by Gasteiger charge is -2.26. The SMILES string of the molecule is Cc1sc(C(=O)c2cncnc2N[C@@H]2C[C@H](COS(N)(=O)=O)[C@@H](O)C2)cc1C1OCCc2ccc(Cl)cc21.Cc1sc(C(=O)c2cncnc2N[C@@H]2C[C@H](COS(N)(=O)=O)[C@@H](O)C2)cc1C1OCCc2ccsc21.Cc1sc(C(=O)c2cncnc2N[C@@H]2C[C@H](COS(N)(=O)=O)[C@@H](O)[C@@H]2F)cc1C1OCCc2ccccc21. The number of nitrogens with two attached hydrogens (primary N) is 3. The number of alkyl halides is 1. The van der Waals surface area contributed by atoms with Crippen LogP contribution >= 0.6 is 56.9 Å². The molecule has 15 rings (SSSR count). The highest BCUT2D eigenvalue weighted by atomic mass is 35.5. The Bertz CT molecular complexity index is 5310. The summed E-state index contributed by atoms with van der Waals surface area (Å²) >= 11 is 12.1. The molecule has 0 amide bonds. The number of aliphatic hydroxyl groups excluding tert-OH is 3. The molecule has 2 aromatic carbocycles. The Morgan fingerprint density at radius 3 is 1.43 bits per heavy atom. The average molecular weight is 1690 g/mol. The Hall–Kier alpha value is -7.52. The molecule has 6 aliphatic rings. The second-order valence-electron chi connectivity index (χ2n) is 27.9. The fraction of sp³-hybridized carbons (Fsp3) is 0.411. The standard InChI is InChI=1S/C25H27ClN4O6S2.C25H27FN4O6S2.C23H26N4O6S3/c1-13-18(24-19-7-16(26)3-2-14(19)4-5-35-24)9-22(37-13)23(32)20-10-28-12-29-25(20)30-17-6-15(21(31)8-17)11-36-38(27,33)34;1-13-17(24-16-5-3-2-4-14(16)6-7-35-24)9-20(37-13)23(32)18-10-28-12-29-25(18)30-19-8-15(22(31)21(19)26)11-36-38(27,33)34;1-12-16(21-22-13(2-4-32-21)3-5-34-22)8-19(35-12)20(29)17-9-25-11-26-23(17)27-15-6-14(18(28)7-15)10-33-36(24,30)31/h2-3,7,9-10,12,15,17,21,24,31H,4-6,8,11H2,1H3,(H2,27,33,34)(H,28,29,30);2-5,9-10,12,15,19,21-22,24,31H,6-8,11H2,1H3,(H2,27,33,34)(H,28,29,30);3,5,8-9,11,14-15,18,21,28H,2,4,6-7,10H2,1H3,(H2,24,30,31)(H,25,26,27)/t15-,17-,21+,24?;15-,19-,21-,22-,24?;14-,15-,18+,21?/m111/s1. The summed E-state index contributed by atoms with van der Waals surface area (Å²) in [6, 6.07) is 20.2. The van der Waals surface area contributed by atoms with E-state index in [9.17, 15) is 59.3 Å².